The highest BCUT2D eigenvalue weighted by molar-refractivity contribution is 5.85. The summed E-state index contributed by atoms with van der Waals surface area (Å²) in [5, 5.41) is 15.8. The normalized spacial score (nSPS) is 15.8. The van der Waals surface area contributed by atoms with Gasteiger partial charge in [-0.1, -0.05) is 36.4 Å². The van der Waals surface area contributed by atoms with Crippen molar-refractivity contribution in [2.45, 2.75) is 19.0 Å². The molecule has 0 saturated carbocycles. The zero-order chi connectivity index (χ0) is 23.8. The standard InChI is InChI=1S/C27H26N6O2/c1-34-20-13-19(14-21(15-20)35-2)26-25-23(22-8-3-4-9-24(22)28-25)10-11-33(26)16-17-6-5-7-18(12-17)27-29-31-32-30-27/h3-9,12-15,26,28H,10-11,16H2,1-2H3,(H,29,30,31,32). The van der Waals surface area contributed by atoms with Crippen LogP contribution in [0.4, 0.5) is 0 Å². The maximum Gasteiger partial charge on any atom is 0.204 e. The van der Waals surface area contributed by atoms with Crippen LogP contribution in [0.2, 0.25) is 0 Å². The molecule has 1 atom stereocenters. The lowest BCUT2D eigenvalue weighted by atomic mass is 9.91. The average molecular weight is 467 g/mol. The van der Waals surface area contributed by atoms with E-state index in [1.165, 1.54) is 27.7 Å². The van der Waals surface area contributed by atoms with Gasteiger partial charge in [0.15, 0.2) is 0 Å². The predicted octanol–water partition coefficient (Wildman–Crippen LogP) is 4.51. The van der Waals surface area contributed by atoms with Crippen molar-refractivity contribution >= 4 is 10.9 Å². The Bertz CT molecular complexity index is 1450. The van der Waals surface area contributed by atoms with Crippen molar-refractivity contribution in [3.05, 3.63) is 89.1 Å². The number of hydrogen-bond acceptors (Lipinski definition) is 6. The van der Waals surface area contributed by atoms with Crippen molar-refractivity contribution in [3.63, 3.8) is 0 Å². The number of methoxy groups -OCH3 is 2. The van der Waals surface area contributed by atoms with Gasteiger partial charge in [-0.2, -0.15) is 5.21 Å². The Hall–Kier alpha value is -4.17. The van der Waals surface area contributed by atoms with Crippen molar-refractivity contribution in [2.75, 3.05) is 20.8 Å². The molecule has 0 radical (unpaired) electrons. The van der Waals surface area contributed by atoms with Crippen molar-refractivity contribution in [2.24, 2.45) is 0 Å². The van der Waals surface area contributed by atoms with Crippen LogP contribution in [0.5, 0.6) is 11.5 Å². The molecule has 1 aliphatic heterocycles. The molecule has 1 aliphatic rings. The lowest BCUT2D eigenvalue weighted by Crippen LogP contribution is -2.35. The second-order valence-electron chi connectivity index (χ2n) is 8.77. The third kappa shape index (κ3) is 3.91. The molecule has 6 rings (SSSR count). The van der Waals surface area contributed by atoms with Crippen LogP contribution in [0.1, 0.15) is 28.4 Å². The van der Waals surface area contributed by atoms with E-state index in [0.717, 1.165) is 42.1 Å². The van der Waals surface area contributed by atoms with Gasteiger partial charge in [0.2, 0.25) is 5.82 Å². The second kappa shape index (κ2) is 8.88. The minimum atomic E-state index is 0.0176. The van der Waals surface area contributed by atoms with Crippen LogP contribution < -0.4 is 9.47 Å². The summed E-state index contributed by atoms with van der Waals surface area (Å²) in [5.74, 6) is 2.15. The highest BCUT2D eigenvalue weighted by Gasteiger charge is 2.32. The molecule has 3 aromatic carbocycles. The molecule has 2 N–H and O–H groups in total. The van der Waals surface area contributed by atoms with E-state index in [-0.39, 0.29) is 6.04 Å². The van der Waals surface area contributed by atoms with Crippen molar-refractivity contribution < 1.29 is 9.47 Å². The SMILES string of the molecule is COc1cc(OC)cc(C2c3[nH]c4ccccc4c3CCN2Cc2cccc(-c3nn[nH]n3)c2)c1. The van der Waals surface area contributed by atoms with Gasteiger partial charge in [-0.15, -0.1) is 10.2 Å². The Morgan fingerprint density at radius 2 is 1.80 bits per heavy atom. The number of fused-ring (bicyclic) bond motifs is 3. The Labute approximate surface area is 202 Å². The summed E-state index contributed by atoms with van der Waals surface area (Å²) >= 11 is 0. The minimum absolute atomic E-state index is 0.0176. The number of hydrogen-bond donors (Lipinski definition) is 2. The van der Waals surface area contributed by atoms with Gasteiger partial charge in [-0.3, -0.25) is 4.90 Å². The summed E-state index contributed by atoms with van der Waals surface area (Å²) in [6.07, 6.45) is 0.974. The third-order valence-electron chi connectivity index (χ3n) is 6.74. The molecule has 5 aromatic rings. The predicted molar refractivity (Wildman–Crippen MR) is 133 cm³/mol. The molecule has 0 spiro atoms. The first-order valence-electron chi connectivity index (χ1n) is 11.6. The summed E-state index contributed by atoms with van der Waals surface area (Å²) in [6, 6.07) is 23.0. The van der Waals surface area contributed by atoms with E-state index < -0.39 is 0 Å². The molecule has 8 nitrogen and oxygen atoms in total. The van der Waals surface area contributed by atoms with Crippen LogP contribution in [-0.2, 0) is 13.0 Å². The van der Waals surface area contributed by atoms with Gasteiger partial charge >= 0.3 is 0 Å². The molecule has 0 fully saturated rings. The molecule has 2 aromatic heterocycles. The summed E-state index contributed by atoms with van der Waals surface area (Å²) in [7, 11) is 3.38. The third-order valence-corrected chi connectivity index (χ3v) is 6.74. The number of aromatic nitrogens is 5. The maximum absolute atomic E-state index is 5.61. The fraction of sp³-hybridized carbons (Fsp3) is 0.222. The molecule has 35 heavy (non-hydrogen) atoms. The summed E-state index contributed by atoms with van der Waals surface area (Å²) < 4.78 is 11.2. The quantitative estimate of drug-likeness (QED) is 0.383. The molecule has 0 saturated heterocycles. The smallest absolute Gasteiger partial charge is 0.204 e. The van der Waals surface area contributed by atoms with Gasteiger partial charge in [0, 0.05) is 41.3 Å². The molecular weight excluding hydrogens is 440 g/mol. The highest BCUT2D eigenvalue weighted by atomic mass is 16.5. The zero-order valence-corrected chi connectivity index (χ0v) is 19.7. The summed E-state index contributed by atoms with van der Waals surface area (Å²) in [4.78, 5) is 6.23. The molecule has 0 aliphatic carbocycles. The van der Waals surface area contributed by atoms with E-state index >= 15 is 0 Å². The Balaban J connectivity index is 1.45. The van der Waals surface area contributed by atoms with Gasteiger partial charge in [0.05, 0.1) is 20.3 Å². The number of nitrogens with one attached hydrogen (secondary N) is 2. The first-order chi connectivity index (χ1) is 17.2. The number of nitrogens with zero attached hydrogens (tertiary/aromatic N) is 4. The lowest BCUT2D eigenvalue weighted by Gasteiger charge is -2.36. The fourth-order valence-electron chi connectivity index (χ4n) is 5.15. The fourth-order valence-corrected chi connectivity index (χ4v) is 5.15. The van der Waals surface area contributed by atoms with Crippen LogP contribution in [-0.4, -0.2) is 51.3 Å². The van der Waals surface area contributed by atoms with E-state index in [9.17, 15) is 0 Å². The van der Waals surface area contributed by atoms with Crippen molar-refractivity contribution in [1.82, 2.24) is 30.5 Å². The average Bonchev–Trinajstić information content (AvgIpc) is 3.57. The number of rotatable bonds is 6. The summed E-state index contributed by atoms with van der Waals surface area (Å²) in [6.45, 7) is 1.69. The molecule has 0 bridgehead atoms. The van der Waals surface area contributed by atoms with Gasteiger partial charge in [-0.25, -0.2) is 0 Å². The van der Waals surface area contributed by atoms with E-state index in [1.54, 1.807) is 14.2 Å². The Morgan fingerprint density at radius 3 is 2.57 bits per heavy atom. The number of benzene rings is 3. The van der Waals surface area contributed by atoms with E-state index in [1.807, 2.05) is 18.2 Å². The first kappa shape index (κ1) is 21.4. The van der Waals surface area contributed by atoms with Gasteiger partial charge in [0.25, 0.3) is 0 Å². The Kier molecular flexibility index (Phi) is 5.42. The number of ether oxygens (including phenoxy) is 2. The van der Waals surface area contributed by atoms with E-state index in [2.05, 4.69) is 79.0 Å². The minimum Gasteiger partial charge on any atom is -0.497 e. The van der Waals surface area contributed by atoms with Crippen LogP contribution in [0.25, 0.3) is 22.3 Å². The molecule has 0 amide bonds. The highest BCUT2D eigenvalue weighted by Crippen LogP contribution is 2.41. The largest absolute Gasteiger partial charge is 0.497 e. The first-order valence-corrected chi connectivity index (χ1v) is 11.6. The van der Waals surface area contributed by atoms with Gasteiger partial charge in [0.1, 0.15) is 11.5 Å². The van der Waals surface area contributed by atoms with Crippen LogP contribution in [0.15, 0.2) is 66.7 Å². The Morgan fingerprint density at radius 1 is 0.971 bits per heavy atom. The molecule has 176 valence electrons. The zero-order valence-electron chi connectivity index (χ0n) is 19.7. The topological polar surface area (TPSA) is 92.0 Å². The monoisotopic (exact) mass is 466 g/mol. The second-order valence-corrected chi connectivity index (χ2v) is 8.77. The summed E-state index contributed by atoms with van der Waals surface area (Å²) in [5.41, 5.74) is 7.03. The molecular formula is C27H26N6O2. The number of aromatic amines is 2. The van der Waals surface area contributed by atoms with Crippen LogP contribution >= 0.6 is 0 Å². The van der Waals surface area contributed by atoms with Gasteiger partial charge in [-0.05, 0) is 52.6 Å². The molecule has 1 unspecified atom stereocenters. The van der Waals surface area contributed by atoms with Crippen molar-refractivity contribution in [3.8, 4) is 22.9 Å². The van der Waals surface area contributed by atoms with Crippen LogP contribution in [0, 0.1) is 0 Å². The number of para-hydroxylation sites is 1. The number of H-pyrrole nitrogens is 2. The molecule has 8 heteroatoms. The van der Waals surface area contributed by atoms with Gasteiger partial charge < -0.3 is 14.5 Å². The van der Waals surface area contributed by atoms with Crippen LogP contribution in [0.3, 0.4) is 0 Å². The van der Waals surface area contributed by atoms with E-state index in [4.69, 9.17) is 9.47 Å². The maximum atomic E-state index is 5.61. The van der Waals surface area contributed by atoms with Crippen molar-refractivity contribution in [1.29, 1.82) is 0 Å². The van der Waals surface area contributed by atoms with E-state index in [0.29, 0.717) is 5.82 Å². The number of tetrazole rings is 1. The lowest BCUT2D eigenvalue weighted by molar-refractivity contribution is 0.201. The molecule has 3 heterocycles.